The fraction of sp³-hybridized carbons (Fsp3) is 0.824. The summed E-state index contributed by atoms with van der Waals surface area (Å²) in [5, 5.41) is 10.1. The van der Waals surface area contributed by atoms with Gasteiger partial charge in [-0.25, -0.2) is 4.79 Å². The van der Waals surface area contributed by atoms with Crippen molar-refractivity contribution < 1.29 is 38.4 Å². The normalized spacial score (nSPS) is 36.9. The van der Waals surface area contributed by atoms with E-state index < -0.39 is 54.3 Å². The molecule has 2 aliphatic carbocycles. The average molecular weight is 356 g/mol. The van der Waals surface area contributed by atoms with Gasteiger partial charge >= 0.3 is 17.9 Å². The van der Waals surface area contributed by atoms with Crippen LogP contribution in [0.4, 0.5) is 0 Å². The molecule has 0 aromatic rings. The molecule has 0 radical (unpaired) electrons. The molecule has 1 aliphatic heterocycles. The lowest BCUT2D eigenvalue weighted by atomic mass is 9.78. The Kier molecular flexibility index (Phi) is 4.53. The van der Waals surface area contributed by atoms with Crippen LogP contribution in [0, 0.1) is 29.1 Å². The maximum absolute atomic E-state index is 12.1. The molecule has 7 unspecified atom stereocenters. The lowest BCUT2D eigenvalue weighted by molar-refractivity contribution is -0.179. The second-order valence-corrected chi connectivity index (χ2v) is 7.97. The smallest absolute Gasteiger partial charge is 0.344 e. The first-order valence-corrected chi connectivity index (χ1v) is 8.43. The van der Waals surface area contributed by atoms with E-state index in [0.29, 0.717) is 6.42 Å². The highest BCUT2D eigenvalue weighted by molar-refractivity contribution is 5.80. The number of rotatable bonds is 5. The first kappa shape index (κ1) is 18.1. The molecule has 1 saturated heterocycles. The maximum Gasteiger partial charge on any atom is 0.344 e. The number of carbonyl (C=O) groups is 3. The molecule has 3 rings (SSSR count). The quantitative estimate of drug-likeness (QED) is 0.424. The molecule has 1 N–H and O–H groups in total. The lowest BCUT2D eigenvalue weighted by Gasteiger charge is -2.33. The number of aliphatic hydroxyl groups excluding tert-OH is 1. The fourth-order valence-corrected chi connectivity index (χ4v) is 4.27. The van der Waals surface area contributed by atoms with Crippen LogP contribution in [-0.2, 0) is 33.3 Å². The zero-order valence-corrected chi connectivity index (χ0v) is 14.8. The average Bonchev–Trinajstić information content (AvgIpc) is 3.14. The number of esters is 3. The number of hydrogen-bond donors (Lipinski definition) is 1. The summed E-state index contributed by atoms with van der Waals surface area (Å²) in [7, 11) is 1.36. The minimum atomic E-state index is -1.12. The van der Waals surface area contributed by atoms with Crippen LogP contribution in [0.2, 0.25) is 0 Å². The van der Waals surface area contributed by atoms with Crippen molar-refractivity contribution in [2.45, 2.75) is 45.7 Å². The topological polar surface area (TPSA) is 108 Å². The standard InChI is InChI=1S/C17H24O8/c1-17(2,3)16(21)23-6-9(18)24-12-7-5-8-11(10(7)14(19)22-4)15(20)25-13(8)12/h7-8,10-14,19H,5-6H2,1-4H3. The largest absolute Gasteiger partial charge is 0.458 e. The van der Waals surface area contributed by atoms with E-state index in [4.69, 9.17) is 18.9 Å². The molecule has 0 spiro atoms. The van der Waals surface area contributed by atoms with Crippen LogP contribution in [0.3, 0.4) is 0 Å². The first-order valence-electron chi connectivity index (χ1n) is 8.43. The van der Waals surface area contributed by atoms with E-state index in [1.807, 2.05) is 0 Å². The molecule has 3 fully saturated rings. The molecule has 1 heterocycles. The van der Waals surface area contributed by atoms with Gasteiger partial charge in [0.15, 0.2) is 12.9 Å². The van der Waals surface area contributed by atoms with E-state index in [2.05, 4.69) is 0 Å². The Morgan fingerprint density at radius 1 is 1.32 bits per heavy atom. The Bertz CT molecular complexity index is 580. The minimum absolute atomic E-state index is 0.0813. The van der Waals surface area contributed by atoms with Gasteiger partial charge in [0.2, 0.25) is 0 Å². The molecule has 2 saturated carbocycles. The molecule has 0 aromatic heterocycles. The monoisotopic (exact) mass is 356 g/mol. The van der Waals surface area contributed by atoms with Crippen LogP contribution in [0.1, 0.15) is 27.2 Å². The lowest BCUT2D eigenvalue weighted by Crippen LogP contribution is -2.45. The first-order chi connectivity index (χ1) is 11.6. The molecule has 25 heavy (non-hydrogen) atoms. The molecule has 8 nitrogen and oxygen atoms in total. The molecular formula is C17H24O8. The maximum atomic E-state index is 12.1. The Balaban J connectivity index is 1.64. The van der Waals surface area contributed by atoms with Crippen molar-refractivity contribution >= 4 is 17.9 Å². The third-order valence-corrected chi connectivity index (χ3v) is 5.38. The molecule has 8 heteroatoms. The van der Waals surface area contributed by atoms with Crippen molar-refractivity contribution in [3.8, 4) is 0 Å². The predicted octanol–water partition coefficient (Wildman–Crippen LogP) is 0.260. The van der Waals surface area contributed by atoms with Crippen molar-refractivity contribution in [1.82, 2.24) is 0 Å². The van der Waals surface area contributed by atoms with Crippen LogP contribution in [0.5, 0.6) is 0 Å². The number of hydrogen-bond acceptors (Lipinski definition) is 8. The Morgan fingerprint density at radius 3 is 2.60 bits per heavy atom. The van der Waals surface area contributed by atoms with Crippen molar-refractivity contribution in [3.05, 3.63) is 0 Å². The number of methoxy groups -OCH3 is 1. The number of ether oxygens (including phenoxy) is 4. The molecule has 2 bridgehead atoms. The SMILES string of the molecule is COC(O)C1C2CC3C(OC(=O)C31)C2OC(=O)COC(=O)C(C)(C)C. The van der Waals surface area contributed by atoms with Crippen molar-refractivity contribution in [2.24, 2.45) is 29.1 Å². The zero-order chi connectivity index (χ0) is 18.5. The number of fused-ring (bicyclic) bond motifs is 1. The third kappa shape index (κ3) is 3.01. The Morgan fingerprint density at radius 2 is 2.00 bits per heavy atom. The summed E-state index contributed by atoms with van der Waals surface area (Å²) in [6.45, 7) is 4.56. The van der Waals surface area contributed by atoms with Gasteiger partial charge in [-0.3, -0.25) is 9.59 Å². The van der Waals surface area contributed by atoms with Crippen molar-refractivity contribution in [1.29, 1.82) is 0 Å². The number of carbonyl (C=O) groups excluding carboxylic acids is 3. The Hall–Kier alpha value is -1.67. The van der Waals surface area contributed by atoms with Crippen LogP contribution in [0.15, 0.2) is 0 Å². The van der Waals surface area contributed by atoms with Gasteiger partial charge in [0.25, 0.3) is 0 Å². The summed E-state index contributed by atoms with van der Waals surface area (Å²) in [5.41, 5.74) is -0.714. The predicted molar refractivity (Wildman–Crippen MR) is 81.8 cm³/mol. The molecule has 0 aromatic carbocycles. The van der Waals surface area contributed by atoms with E-state index in [0.717, 1.165) is 0 Å². The highest BCUT2D eigenvalue weighted by Gasteiger charge is 2.69. The van der Waals surface area contributed by atoms with Gasteiger partial charge < -0.3 is 24.1 Å². The van der Waals surface area contributed by atoms with Gasteiger partial charge in [0, 0.05) is 24.9 Å². The van der Waals surface area contributed by atoms with Gasteiger partial charge in [0.05, 0.1) is 11.3 Å². The summed E-state index contributed by atoms with van der Waals surface area (Å²) in [6, 6.07) is 0. The van der Waals surface area contributed by atoms with E-state index in [1.165, 1.54) is 7.11 Å². The van der Waals surface area contributed by atoms with E-state index >= 15 is 0 Å². The van der Waals surface area contributed by atoms with Gasteiger partial charge in [-0.2, -0.15) is 0 Å². The fourth-order valence-electron chi connectivity index (χ4n) is 4.27. The summed E-state index contributed by atoms with van der Waals surface area (Å²) < 4.78 is 20.8. The highest BCUT2D eigenvalue weighted by Crippen LogP contribution is 2.59. The molecule has 7 atom stereocenters. The summed E-state index contributed by atoms with van der Waals surface area (Å²) in [4.78, 5) is 35.9. The minimum Gasteiger partial charge on any atom is -0.458 e. The van der Waals surface area contributed by atoms with Crippen LogP contribution >= 0.6 is 0 Å². The van der Waals surface area contributed by atoms with Gasteiger partial charge in [-0.05, 0) is 27.2 Å². The molecule has 0 amide bonds. The van der Waals surface area contributed by atoms with Gasteiger partial charge in [-0.15, -0.1) is 0 Å². The van der Waals surface area contributed by atoms with E-state index in [1.54, 1.807) is 20.8 Å². The third-order valence-electron chi connectivity index (χ3n) is 5.38. The molecule has 140 valence electrons. The summed E-state index contributed by atoms with van der Waals surface area (Å²) >= 11 is 0. The van der Waals surface area contributed by atoms with Gasteiger partial charge in [0.1, 0.15) is 12.2 Å². The summed E-state index contributed by atoms with van der Waals surface area (Å²) in [5.74, 6) is -2.75. The second kappa shape index (κ2) is 6.25. The van der Waals surface area contributed by atoms with Crippen LogP contribution in [-0.4, -0.2) is 55.2 Å². The highest BCUT2D eigenvalue weighted by atomic mass is 16.6. The Labute approximate surface area is 145 Å². The van der Waals surface area contributed by atoms with E-state index in [9.17, 15) is 19.5 Å². The number of aliphatic hydroxyl groups is 1. The van der Waals surface area contributed by atoms with Crippen molar-refractivity contribution in [2.75, 3.05) is 13.7 Å². The molecular weight excluding hydrogens is 332 g/mol. The van der Waals surface area contributed by atoms with E-state index in [-0.39, 0.29) is 17.8 Å². The zero-order valence-electron chi connectivity index (χ0n) is 14.8. The van der Waals surface area contributed by atoms with Gasteiger partial charge in [-0.1, -0.05) is 0 Å². The van der Waals surface area contributed by atoms with Crippen molar-refractivity contribution in [3.63, 3.8) is 0 Å². The van der Waals surface area contributed by atoms with Crippen LogP contribution in [0.25, 0.3) is 0 Å². The second-order valence-electron chi connectivity index (χ2n) is 7.97. The summed E-state index contributed by atoms with van der Waals surface area (Å²) in [6.07, 6.45) is -1.63. The van der Waals surface area contributed by atoms with Crippen LogP contribution < -0.4 is 0 Å². The molecule has 3 aliphatic rings.